The second-order valence-electron chi connectivity index (χ2n) is 19.4. The molecule has 2 N–H and O–H groups in total. The van der Waals surface area contributed by atoms with Gasteiger partial charge in [0.25, 0.3) is 0 Å². The standard InChI is InChI=1S/C62H107O11P/c1-4-7-10-13-16-19-22-25-27-28-29-30-32-35-38-41-44-47-50-53-62(66)73-59(55-69-60(64)51-48-45-42-39-36-33-24-21-18-15-12-9-6-3)57-71-74(67,68)70-56-58(54-63)72-61(65)52-49-46-43-40-37-34-31-26-23-20-17-14-11-8-5-2/h7,10,16,19,21,24-25,27,29-30,35,38,44,47,58-59,63H,4-6,8-9,11-15,17-18,20,22-23,26,28,31-34,36-37,39-43,45-46,48-57H2,1-3H3,(H,67,68)/b10-7-,19-16-,24-21-,27-25-,30-29-,38-35-,47-44-. The van der Waals surface area contributed by atoms with E-state index in [1.54, 1.807) is 0 Å². The SMILES string of the molecule is CC/C=C\C/C=C\C/C=C\C/C=C\C/C=C\C/C=C\CCC(=O)OC(COC(=O)CCCCCCC/C=C\CCCCCC)COP(=O)(O)OCC(CO)OC(=O)CCCCCCCCCCCCCCCCC. The molecule has 0 radical (unpaired) electrons. The molecule has 74 heavy (non-hydrogen) atoms. The Balaban J connectivity index is 4.81. The van der Waals surface area contributed by atoms with Crippen molar-refractivity contribution in [2.45, 2.75) is 264 Å². The van der Waals surface area contributed by atoms with E-state index < -0.39 is 57.8 Å². The van der Waals surface area contributed by atoms with E-state index in [1.807, 2.05) is 12.2 Å². The highest BCUT2D eigenvalue weighted by Crippen LogP contribution is 2.43. The second kappa shape index (κ2) is 55.9. The van der Waals surface area contributed by atoms with Crippen molar-refractivity contribution < 1.29 is 52.2 Å². The van der Waals surface area contributed by atoms with Gasteiger partial charge in [0.2, 0.25) is 0 Å². The Labute approximate surface area is 451 Å². The van der Waals surface area contributed by atoms with E-state index in [9.17, 15) is 28.9 Å². The number of hydrogen-bond donors (Lipinski definition) is 2. The molecule has 0 amide bonds. The first-order chi connectivity index (χ1) is 36.2. The Morgan fingerprint density at radius 1 is 0.392 bits per heavy atom. The third-order valence-corrected chi connectivity index (χ3v) is 13.3. The van der Waals surface area contributed by atoms with Crippen molar-refractivity contribution in [2.75, 3.05) is 26.4 Å². The number of ether oxygens (including phenoxy) is 3. The van der Waals surface area contributed by atoms with Gasteiger partial charge in [0.15, 0.2) is 6.10 Å². The van der Waals surface area contributed by atoms with Gasteiger partial charge in [-0.15, -0.1) is 0 Å². The summed E-state index contributed by atoms with van der Waals surface area (Å²) in [4.78, 5) is 48.5. The predicted molar refractivity (Wildman–Crippen MR) is 307 cm³/mol. The van der Waals surface area contributed by atoms with E-state index in [2.05, 4.69) is 93.7 Å². The van der Waals surface area contributed by atoms with Crippen LogP contribution in [0.5, 0.6) is 0 Å². The van der Waals surface area contributed by atoms with Crippen LogP contribution >= 0.6 is 7.82 Å². The number of esters is 3. The molecule has 0 aliphatic heterocycles. The minimum absolute atomic E-state index is 0.0393. The second-order valence-corrected chi connectivity index (χ2v) is 20.9. The zero-order valence-corrected chi connectivity index (χ0v) is 47.9. The Morgan fingerprint density at radius 3 is 1.18 bits per heavy atom. The summed E-state index contributed by atoms with van der Waals surface area (Å²) in [6.07, 6.45) is 64.1. The first kappa shape index (κ1) is 70.7. The summed E-state index contributed by atoms with van der Waals surface area (Å²) in [5.74, 6) is -1.57. The van der Waals surface area contributed by atoms with Gasteiger partial charge >= 0.3 is 25.7 Å². The lowest BCUT2D eigenvalue weighted by molar-refractivity contribution is -0.161. The van der Waals surface area contributed by atoms with Crippen LogP contribution in [-0.4, -0.2) is 66.5 Å². The number of aliphatic hydroxyl groups is 1. The summed E-state index contributed by atoms with van der Waals surface area (Å²) in [6, 6.07) is 0. The predicted octanol–water partition coefficient (Wildman–Crippen LogP) is 17.5. The largest absolute Gasteiger partial charge is 0.472 e. The Bertz CT molecular complexity index is 1560. The highest BCUT2D eigenvalue weighted by molar-refractivity contribution is 7.47. The maximum Gasteiger partial charge on any atom is 0.472 e. The number of rotatable bonds is 54. The summed E-state index contributed by atoms with van der Waals surface area (Å²) >= 11 is 0. The monoisotopic (exact) mass is 1060 g/mol. The molecule has 0 rings (SSSR count). The smallest absolute Gasteiger partial charge is 0.462 e. The van der Waals surface area contributed by atoms with Crippen molar-refractivity contribution in [3.63, 3.8) is 0 Å². The molecule has 0 saturated heterocycles. The van der Waals surface area contributed by atoms with Gasteiger partial charge in [-0.25, -0.2) is 4.57 Å². The number of allylic oxidation sites excluding steroid dienone is 14. The van der Waals surface area contributed by atoms with Crippen molar-refractivity contribution >= 4 is 25.7 Å². The van der Waals surface area contributed by atoms with Crippen LogP contribution in [0.3, 0.4) is 0 Å². The molecule has 0 aromatic heterocycles. The number of phosphoric acid groups is 1. The molecule has 0 heterocycles. The number of phosphoric ester groups is 1. The fourth-order valence-electron chi connectivity index (χ4n) is 7.85. The van der Waals surface area contributed by atoms with Crippen molar-refractivity contribution in [1.82, 2.24) is 0 Å². The lowest BCUT2D eigenvalue weighted by Crippen LogP contribution is -2.30. The van der Waals surface area contributed by atoms with E-state index in [1.165, 1.54) is 96.3 Å². The van der Waals surface area contributed by atoms with Crippen LogP contribution in [0.25, 0.3) is 0 Å². The molecular formula is C62H107O11P. The zero-order valence-electron chi connectivity index (χ0n) is 47.0. The van der Waals surface area contributed by atoms with Crippen LogP contribution in [0.4, 0.5) is 0 Å². The molecule has 0 spiro atoms. The first-order valence-corrected chi connectivity index (χ1v) is 31.0. The normalized spacial score (nSPS) is 14.0. The summed E-state index contributed by atoms with van der Waals surface area (Å²) in [5, 5.41) is 9.82. The Morgan fingerprint density at radius 2 is 0.730 bits per heavy atom. The van der Waals surface area contributed by atoms with E-state index in [-0.39, 0.29) is 25.9 Å². The highest BCUT2D eigenvalue weighted by Gasteiger charge is 2.28. The quantitative estimate of drug-likeness (QED) is 0.0197. The minimum Gasteiger partial charge on any atom is -0.462 e. The van der Waals surface area contributed by atoms with Crippen molar-refractivity contribution in [3.05, 3.63) is 85.1 Å². The molecule has 426 valence electrons. The Kier molecular flexibility index (Phi) is 53.4. The molecule has 0 aromatic rings. The van der Waals surface area contributed by atoms with Crippen molar-refractivity contribution in [2.24, 2.45) is 0 Å². The van der Waals surface area contributed by atoms with Crippen LogP contribution in [0.15, 0.2) is 85.1 Å². The van der Waals surface area contributed by atoms with Gasteiger partial charge < -0.3 is 24.2 Å². The number of unbranched alkanes of at least 4 members (excludes halogenated alkanes) is 23. The topological polar surface area (TPSA) is 155 Å². The lowest BCUT2D eigenvalue weighted by Gasteiger charge is -2.21. The van der Waals surface area contributed by atoms with Gasteiger partial charge in [0.1, 0.15) is 12.7 Å². The van der Waals surface area contributed by atoms with Gasteiger partial charge in [-0.1, -0.05) is 234 Å². The summed E-state index contributed by atoms with van der Waals surface area (Å²) in [5.41, 5.74) is 0. The van der Waals surface area contributed by atoms with Gasteiger partial charge in [-0.3, -0.25) is 23.4 Å². The molecule has 11 nitrogen and oxygen atoms in total. The van der Waals surface area contributed by atoms with Crippen molar-refractivity contribution in [1.29, 1.82) is 0 Å². The van der Waals surface area contributed by atoms with Gasteiger partial charge in [0, 0.05) is 19.3 Å². The minimum atomic E-state index is -4.77. The molecule has 3 unspecified atom stereocenters. The van der Waals surface area contributed by atoms with Crippen molar-refractivity contribution in [3.8, 4) is 0 Å². The van der Waals surface area contributed by atoms with Crippen LogP contribution in [0.2, 0.25) is 0 Å². The van der Waals surface area contributed by atoms with E-state index >= 15 is 0 Å². The van der Waals surface area contributed by atoms with Gasteiger partial charge in [0.05, 0.1) is 19.8 Å². The lowest BCUT2D eigenvalue weighted by atomic mass is 10.0. The van der Waals surface area contributed by atoms with Crippen LogP contribution in [0, 0.1) is 0 Å². The summed E-state index contributed by atoms with van der Waals surface area (Å²) < 4.78 is 39.4. The summed E-state index contributed by atoms with van der Waals surface area (Å²) in [6.45, 7) is 4.44. The number of carbonyl (C=O) groups is 3. The van der Waals surface area contributed by atoms with E-state index in [4.69, 9.17) is 23.3 Å². The molecule has 0 aliphatic rings. The average molecular weight is 1060 g/mol. The van der Waals surface area contributed by atoms with Crippen LogP contribution in [-0.2, 0) is 42.2 Å². The zero-order chi connectivity index (χ0) is 54.1. The maximum absolute atomic E-state index is 12.9. The number of carbonyl (C=O) groups excluding carboxylic acids is 3. The average Bonchev–Trinajstić information content (AvgIpc) is 3.39. The third-order valence-electron chi connectivity index (χ3n) is 12.3. The molecular weight excluding hydrogens is 952 g/mol. The van der Waals surface area contributed by atoms with Gasteiger partial charge in [-0.05, 0) is 83.5 Å². The maximum atomic E-state index is 12.9. The number of aliphatic hydroxyl groups excluding tert-OH is 1. The molecule has 12 heteroatoms. The first-order valence-electron chi connectivity index (χ1n) is 29.5. The highest BCUT2D eigenvalue weighted by atomic mass is 31.2. The van der Waals surface area contributed by atoms with E-state index in [0.29, 0.717) is 25.7 Å². The van der Waals surface area contributed by atoms with Gasteiger partial charge in [-0.2, -0.15) is 0 Å². The molecule has 0 aromatic carbocycles. The Hall–Kier alpha value is -3.34. The van der Waals surface area contributed by atoms with Crippen LogP contribution in [0.1, 0.15) is 252 Å². The summed E-state index contributed by atoms with van der Waals surface area (Å²) in [7, 11) is -4.77. The fraction of sp³-hybridized carbons (Fsp3) is 0.726. The van der Waals surface area contributed by atoms with E-state index in [0.717, 1.165) is 89.9 Å². The molecule has 0 fully saturated rings. The third kappa shape index (κ3) is 53.5. The molecule has 0 aliphatic carbocycles. The molecule has 3 atom stereocenters. The van der Waals surface area contributed by atoms with Crippen LogP contribution < -0.4 is 0 Å². The molecule has 0 saturated carbocycles. The number of hydrogen-bond acceptors (Lipinski definition) is 10. The molecule has 0 bridgehead atoms. The fourth-order valence-corrected chi connectivity index (χ4v) is 8.63.